The van der Waals surface area contributed by atoms with E-state index >= 15 is 0 Å². The number of rotatable bonds is 1. The molecule has 1 aromatic heterocycles. The van der Waals surface area contributed by atoms with Gasteiger partial charge in [0.15, 0.2) is 0 Å². The maximum Gasteiger partial charge on any atom is 0.150 e. The van der Waals surface area contributed by atoms with Crippen LogP contribution in [0.25, 0.3) is 10.8 Å². The Kier molecular flexibility index (Phi) is 3.96. The average molecular weight is 219 g/mol. The highest BCUT2D eigenvalue weighted by molar-refractivity contribution is 5.93. The van der Waals surface area contributed by atoms with Gasteiger partial charge in [0.1, 0.15) is 12.0 Å². The number of aromatic hydroxyl groups is 1. The molecule has 0 aliphatic carbocycles. The molecule has 0 aliphatic rings. The Hall–Kier alpha value is -1.94. The van der Waals surface area contributed by atoms with Gasteiger partial charge in [0, 0.05) is 29.1 Å². The van der Waals surface area contributed by atoms with E-state index in [9.17, 15) is 9.90 Å². The van der Waals surface area contributed by atoms with Crippen molar-refractivity contribution < 1.29 is 15.0 Å². The Morgan fingerprint density at radius 1 is 1.25 bits per heavy atom. The molecule has 2 aromatic rings. The van der Waals surface area contributed by atoms with E-state index in [4.69, 9.17) is 5.11 Å². The summed E-state index contributed by atoms with van der Waals surface area (Å²) in [6.45, 7) is 1.84. The minimum absolute atomic E-state index is 0.142. The molecule has 1 aromatic carbocycles. The second kappa shape index (κ2) is 5.23. The smallest absolute Gasteiger partial charge is 0.150 e. The first-order valence-electron chi connectivity index (χ1n) is 4.70. The van der Waals surface area contributed by atoms with Gasteiger partial charge in [0.2, 0.25) is 0 Å². The van der Waals surface area contributed by atoms with Gasteiger partial charge in [0.25, 0.3) is 0 Å². The Balaban J connectivity index is 0.000000606. The van der Waals surface area contributed by atoms with Crippen molar-refractivity contribution in [1.29, 1.82) is 0 Å². The predicted octanol–water partition coefficient (Wildman–Crippen LogP) is 1.67. The molecule has 4 heteroatoms. The van der Waals surface area contributed by atoms with Crippen LogP contribution in [-0.2, 0) is 0 Å². The number of nitrogens with zero attached hydrogens (tertiary/aromatic N) is 1. The number of hydrogen-bond acceptors (Lipinski definition) is 4. The third kappa shape index (κ3) is 2.17. The van der Waals surface area contributed by atoms with Gasteiger partial charge in [0.05, 0.1) is 6.20 Å². The molecule has 4 nitrogen and oxygen atoms in total. The van der Waals surface area contributed by atoms with Gasteiger partial charge in [-0.15, -0.1) is 0 Å². The summed E-state index contributed by atoms with van der Waals surface area (Å²) in [6, 6.07) is 5.13. The van der Waals surface area contributed by atoms with E-state index in [2.05, 4.69) is 4.98 Å². The van der Waals surface area contributed by atoms with E-state index in [-0.39, 0.29) is 5.75 Å². The van der Waals surface area contributed by atoms with E-state index in [1.54, 1.807) is 18.2 Å². The number of hydrogen-bond donors (Lipinski definition) is 2. The molecule has 0 bridgehead atoms. The summed E-state index contributed by atoms with van der Waals surface area (Å²) in [4.78, 5) is 14.6. The van der Waals surface area contributed by atoms with Crippen molar-refractivity contribution in [3.05, 3.63) is 35.7 Å². The van der Waals surface area contributed by atoms with Crippen LogP contribution in [-0.4, -0.2) is 28.6 Å². The lowest BCUT2D eigenvalue weighted by atomic mass is 10.1. The fourth-order valence-electron chi connectivity index (χ4n) is 1.45. The number of aliphatic hydroxyl groups excluding tert-OH is 1. The fraction of sp³-hybridized carbons (Fsp3) is 0.167. The molecule has 0 radical (unpaired) electrons. The van der Waals surface area contributed by atoms with E-state index in [0.717, 1.165) is 29.9 Å². The standard InChI is InChI=1S/C11H9NO2.CH4O/c1-7-10-4-8(6-13)2-3-9(10)11(14)5-12-7;1-2/h2-6,14H,1H3;2H,1H3. The normalized spacial score (nSPS) is 9.44. The molecule has 2 N–H and O–H groups in total. The van der Waals surface area contributed by atoms with Gasteiger partial charge in [-0.1, -0.05) is 6.07 Å². The number of aryl methyl sites for hydroxylation is 1. The van der Waals surface area contributed by atoms with Crippen molar-refractivity contribution in [1.82, 2.24) is 4.98 Å². The summed E-state index contributed by atoms with van der Waals surface area (Å²) in [5.74, 6) is 0.142. The molecule has 0 unspecified atom stereocenters. The molecular formula is C12H13NO3. The quantitative estimate of drug-likeness (QED) is 0.716. The minimum Gasteiger partial charge on any atom is -0.506 e. The number of aromatic nitrogens is 1. The zero-order valence-corrected chi connectivity index (χ0v) is 9.14. The van der Waals surface area contributed by atoms with Gasteiger partial charge in [-0.25, -0.2) is 0 Å². The largest absolute Gasteiger partial charge is 0.506 e. The van der Waals surface area contributed by atoms with E-state index in [0.29, 0.717) is 5.56 Å². The Bertz CT molecular complexity index is 509. The fourth-order valence-corrected chi connectivity index (χ4v) is 1.45. The van der Waals surface area contributed by atoms with E-state index in [1.807, 2.05) is 6.92 Å². The van der Waals surface area contributed by atoms with Crippen LogP contribution in [0.2, 0.25) is 0 Å². The van der Waals surface area contributed by atoms with Crippen LogP contribution in [0.3, 0.4) is 0 Å². The second-order valence-electron chi connectivity index (χ2n) is 3.15. The van der Waals surface area contributed by atoms with Crippen LogP contribution < -0.4 is 0 Å². The molecular weight excluding hydrogens is 206 g/mol. The summed E-state index contributed by atoms with van der Waals surface area (Å²) >= 11 is 0. The molecule has 1 heterocycles. The molecule has 2 rings (SSSR count). The van der Waals surface area contributed by atoms with E-state index < -0.39 is 0 Å². The summed E-state index contributed by atoms with van der Waals surface area (Å²) in [5, 5.41) is 18.0. The Morgan fingerprint density at radius 3 is 2.56 bits per heavy atom. The highest BCUT2D eigenvalue weighted by Gasteiger charge is 2.03. The lowest BCUT2D eigenvalue weighted by Crippen LogP contribution is -1.86. The number of carbonyl (C=O) groups is 1. The van der Waals surface area contributed by atoms with Crippen molar-refractivity contribution in [3.8, 4) is 5.75 Å². The van der Waals surface area contributed by atoms with Crippen LogP contribution in [0.15, 0.2) is 24.4 Å². The number of aldehydes is 1. The molecule has 0 atom stereocenters. The molecule has 16 heavy (non-hydrogen) atoms. The summed E-state index contributed by atoms with van der Waals surface area (Å²) in [7, 11) is 1.00. The summed E-state index contributed by atoms with van der Waals surface area (Å²) in [5.41, 5.74) is 1.40. The molecule has 0 fully saturated rings. The Morgan fingerprint density at radius 2 is 1.94 bits per heavy atom. The van der Waals surface area contributed by atoms with Gasteiger partial charge in [-0.3, -0.25) is 9.78 Å². The maximum absolute atomic E-state index is 10.6. The van der Waals surface area contributed by atoms with Gasteiger partial charge >= 0.3 is 0 Å². The number of fused-ring (bicyclic) bond motifs is 1. The zero-order chi connectivity index (χ0) is 12.1. The highest BCUT2D eigenvalue weighted by atomic mass is 16.3. The van der Waals surface area contributed by atoms with Gasteiger partial charge < -0.3 is 10.2 Å². The molecule has 0 amide bonds. The maximum atomic E-state index is 10.6. The van der Waals surface area contributed by atoms with Gasteiger partial charge in [-0.2, -0.15) is 0 Å². The SMILES string of the molecule is CO.Cc1ncc(O)c2ccc(C=O)cc12. The zero-order valence-electron chi connectivity index (χ0n) is 9.14. The first kappa shape index (κ1) is 12.1. The van der Waals surface area contributed by atoms with Crippen molar-refractivity contribution in [3.63, 3.8) is 0 Å². The van der Waals surface area contributed by atoms with Crippen LogP contribution in [0, 0.1) is 6.92 Å². The molecule has 0 spiro atoms. The van der Waals surface area contributed by atoms with Gasteiger partial charge in [-0.05, 0) is 19.1 Å². The monoisotopic (exact) mass is 219 g/mol. The van der Waals surface area contributed by atoms with Crippen molar-refractivity contribution in [2.24, 2.45) is 0 Å². The lowest BCUT2D eigenvalue weighted by molar-refractivity contribution is 0.112. The molecule has 84 valence electrons. The second-order valence-corrected chi connectivity index (χ2v) is 3.15. The third-order valence-electron chi connectivity index (χ3n) is 2.23. The van der Waals surface area contributed by atoms with Crippen molar-refractivity contribution >= 4 is 17.1 Å². The number of carbonyl (C=O) groups excluding carboxylic acids is 1. The highest BCUT2D eigenvalue weighted by Crippen LogP contribution is 2.25. The summed E-state index contributed by atoms with van der Waals surface area (Å²) < 4.78 is 0. The molecule has 0 aliphatic heterocycles. The average Bonchev–Trinajstić information content (AvgIpc) is 2.36. The summed E-state index contributed by atoms with van der Waals surface area (Å²) in [6.07, 6.45) is 2.20. The van der Waals surface area contributed by atoms with Crippen LogP contribution in [0.1, 0.15) is 16.1 Å². The first-order chi connectivity index (χ1) is 7.72. The number of aliphatic hydroxyl groups is 1. The number of pyridine rings is 1. The van der Waals surface area contributed by atoms with Crippen molar-refractivity contribution in [2.75, 3.05) is 7.11 Å². The van der Waals surface area contributed by atoms with E-state index in [1.165, 1.54) is 6.20 Å². The minimum atomic E-state index is 0.142. The van der Waals surface area contributed by atoms with Crippen LogP contribution in [0.4, 0.5) is 0 Å². The third-order valence-corrected chi connectivity index (χ3v) is 2.23. The Labute approximate surface area is 93.2 Å². The van der Waals surface area contributed by atoms with Crippen LogP contribution in [0.5, 0.6) is 5.75 Å². The van der Waals surface area contributed by atoms with Crippen LogP contribution >= 0.6 is 0 Å². The predicted molar refractivity (Wildman–Crippen MR) is 61.7 cm³/mol. The number of benzene rings is 1. The van der Waals surface area contributed by atoms with Crippen molar-refractivity contribution in [2.45, 2.75) is 6.92 Å². The topological polar surface area (TPSA) is 70.4 Å². The lowest BCUT2D eigenvalue weighted by Gasteiger charge is -2.03. The first-order valence-corrected chi connectivity index (χ1v) is 4.70. The molecule has 0 saturated carbocycles. The molecule has 0 saturated heterocycles.